The Kier molecular flexibility index (Phi) is 3.69. The Balaban J connectivity index is 2.53. The first-order valence-electron chi connectivity index (χ1n) is 6.14. The van der Waals surface area contributed by atoms with E-state index in [0.29, 0.717) is 18.4 Å². The zero-order chi connectivity index (χ0) is 14.9. The summed E-state index contributed by atoms with van der Waals surface area (Å²) in [5.41, 5.74) is 0.236. The van der Waals surface area contributed by atoms with Crippen LogP contribution in [0.2, 0.25) is 0 Å². The van der Waals surface area contributed by atoms with Gasteiger partial charge in [0.25, 0.3) is 0 Å². The van der Waals surface area contributed by atoms with Crippen LogP contribution >= 0.6 is 0 Å². The minimum Gasteiger partial charge on any atom is -0.479 e. The average molecular weight is 279 g/mol. The fourth-order valence-electron chi connectivity index (χ4n) is 2.21. The van der Waals surface area contributed by atoms with E-state index in [0.717, 1.165) is 0 Å². The predicted octanol–water partition coefficient (Wildman–Crippen LogP) is 1.97. The number of hydrogen-bond donors (Lipinski definition) is 1. The van der Waals surface area contributed by atoms with Gasteiger partial charge in [-0.2, -0.15) is 0 Å². The number of nitrogens with zero attached hydrogens (tertiary/aromatic N) is 1. The molecule has 1 atom stereocenters. The second-order valence-electron chi connectivity index (χ2n) is 4.58. The van der Waals surface area contributed by atoms with Crippen LogP contribution in [0.5, 0.6) is 5.75 Å². The molecule has 0 heterocycles. The van der Waals surface area contributed by atoms with Crippen LogP contribution in [-0.4, -0.2) is 27.9 Å². The number of nitro groups is 1. The van der Waals surface area contributed by atoms with Gasteiger partial charge in [-0.3, -0.25) is 14.9 Å². The first-order valence-corrected chi connectivity index (χ1v) is 6.14. The molecule has 0 radical (unpaired) electrons. The molecule has 0 amide bonds. The molecule has 1 aromatic rings. The lowest BCUT2D eigenvalue weighted by molar-refractivity contribution is -0.386. The number of carbonyl (C=O) groups excluding carboxylic acids is 1. The molecule has 1 unspecified atom stereocenters. The maximum Gasteiger partial charge on any atom is 0.344 e. The van der Waals surface area contributed by atoms with Crippen molar-refractivity contribution < 1.29 is 24.4 Å². The van der Waals surface area contributed by atoms with Gasteiger partial charge >= 0.3 is 11.7 Å². The molecule has 0 saturated carbocycles. The average Bonchev–Trinajstić information content (AvgIpc) is 2.38. The molecule has 106 valence electrons. The zero-order valence-corrected chi connectivity index (χ0v) is 10.8. The Morgan fingerprint density at radius 1 is 1.45 bits per heavy atom. The maximum atomic E-state index is 11.9. The van der Waals surface area contributed by atoms with Gasteiger partial charge in [0.1, 0.15) is 5.56 Å². The van der Waals surface area contributed by atoms with Gasteiger partial charge < -0.3 is 9.84 Å². The quantitative estimate of drug-likeness (QED) is 0.667. The molecule has 1 N–H and O–H groups in total. The maximum absolute atomic E-state index is 11.9. The molecule has 0 spiro atoms. The topological polar surface area (TPSA) is 107 Å². The van der Waals surface area contributed by atoms with E-state index in [1.807, 2.05) is 0 Å². The van der Waals surface area contributed by atoms with Gasteiger partial charge in [-0.15, -0.1) is 0 Å². The Morgan fingerprint density at radius 2 is 2.15 bits per heavy atom. The summed E-state index contributed by atoms with van der Waals surface area (Å²) in [6, 6.07) is 2.94. The summed E-state index contributed by atoms with van der Waals surface area (Å²) in [5, 5.41) is 20.0. The smallest absolute Gasteiger partial charge is 0.344 e. The molecule has 0 bridgehead atoms. The van der Waals surface area contributed by atoms with E-state index >= 15 is 0 Å². The lowest BCUT2D eigenvalue weighted by Crippen LogP contribution is -2.24. The van der Waals surface area contributed by atoms with E-state index in [2.05, 4.69) is 0 Å². The second kappa shape index (κ2) is 5.28. The van der Waals surface area contributed by atoms with Crippen molar-refractivity contribution in [1.29, 1.82) is 0 Å². The van der Waals surface area contributed by atoms with E-state index in [-0.39, 0.29) is 23.5 Å². The summed E-state index contributed by atoms with van der Waals surface area (Å²) < 4.78 is 5.09. The summed E-state index contributed by atoms with van der Waals surface area (Å²) in [6.07, 6.45) is 0.280. The van der Waals surface area contributed by atoms with Crippen LogP contribution in [0.4, 0.5) is 5.69 Å². The number of carboxylic acid groups (broad SMARTS) is 1. The molecular formula is C13H13NO6. The largest absolute Gasteiger partial charge is 0.479 e. The summed E-state index contributed by atoms with van der Waals surface area (Å²) >= 11 is 0. The molecule has 1 aliphatic carbocycles. The lowest BCUT2D eigenvalue weighted by atomic mass is 9.89. The number of ether oxygens (including phenoxy) is 1. The molecule has 0 aliphatic heterocycles. The molecule has 0 fully saturated rings. The van der Waals surface area contributed by atoms with Crippen molar-refractivity contribution in [2.75, 3.05) is 0 Å². The minimum atomic E-state index is -1.23. The Labute approximate surface area is 114 Å². The lowest BCUT2D eigenvalue weighted by Gasteiger charge is -2.17. The van der Waals surface area contributed by atoms with Gasteiger partial charge in [0.2, 0.25) is 0 Å². The molecular weight excluding hydrogens is 266 g/mol. The van der Waals surface area contributed by atoms with Gasteiger partial charge in [0, 0.05) is 6.42 Å². The van der Waals surface area contributed by atoms with Crippen LogP contribution in [0, 0.1) is 10.1 Å². The molecule has 2 rings (SSSR count). The number of rotatable bonds is 4. The molecule has 1 aromatic carbocycles. The minimum absolute atomic E-state index is 0.0522. The molecule has 0 saturated heterocycles. The van der Waals surface area contributed by atoms with Crippen molar-refractivity contribution >= 4 is 17.4 Å². The van der Waals surface area contributed by atoms with Gasteiger partial charge in [-0.25, -0.2) is 4.79 Å². The monoisotopic (exact) mass is 279 g/mol. The molecule has 1 aliphatic rings. The first kappa shape index (κ1) is 14.0. The van der Waals surface area contributed by atoms with Crippen molar-refractivity contribution in [3.8, 4) is 5.75 Å². The van der Waals surface area contributed by atoms with Crippen molar-refractivity contribution in [2.24, 2.45) is 0 Å². The fourth-order valence-corrected chi connectivity index (χ4v) is 2.21. The number of nitro benzene ring substituents is 1. The summed E-state index contributed by atoms with van der Waals surface area (Å²) in [5.74, 6) is -1.71. The molecule has 7 nitrogen and oxygen atoms in total. The number of ketones is 1. The third-order valence-electron chi connectivity index (χ3n) is 3.19. The molecule has 20 heavy (non-hydrogen) atoms. The standard InChI is InChI=1S/C13H13NO6/c1-7(13(16)17)20-10-6-5-8-3-2-4-9(15)11(8)12(10)14(18)19/h5-7H,2-4H2,1H3,(H,16,17). The van der Waals surface area contributed by atoms with Crippen LogP contribution in [0.1, 0.15) is 35.7 Å². The summed E-state index contributed by atoms with van der Waals surface area (Å²) in [7, 11) is 0. The summed E-state index contributed by atoms with van der Waals surface area (Å²) in [6.45, 7) is 1.27. The number of hydrogen-bond acceptors (Lipinski definition) is 5. The van der Waals surface area contributed by atoms with Crippen molar-refractivity contribution in [1.82, 2.24) is 0 Å². The number of benzene rings is 1. The Hall–Kier alpha value is -2.44. The normalized spacial score (nSPS) is 15.3. The number of fused-ring (bicyclic) bond motifs is 1. The van der Waals surface area contributed by atoms with Crippen molar-refractivity contribution in [2.45, 2.75) is 32.3 Å². The van der Waals surface area contributed by atoms with Gasteiger partial charge in [0.15, 0.2) is 17.6 Å². The van der Waals surface area contributed by atoms with E-state index in [4.69, 9.17) is 9.84 Å². The first-order chi connectivity index (χ1) is 9.41. The highest BCUT2D eigenvalue weighted by atomic mass is 16.6. The van der Waals surface area contributed by atoms with Crippen molar-refractivity contribution in [3.05, 3.63) is 33.4 Å². The van der Waals surface area contributed by atoms with Gasteiger partial charge in [-0.05, 0) is 31.4 Å². The number of Topliss-reactive ketones (excluding diaryl/α,β-unsaturated/α-hetero) is 1. The predicted molar refractivity (Wildman–Crippen MR) is 68.1 cm³/mol. The number of carbonyl (C=O) groups is 2. The highest BCUT2D eigenvalue weighted by Gasteiger charge is 2.32. The van der Waals surface area contributed by atoms with Crippen LogP contribution in [0.25, 0.3) is 0 Å². The van der Waals surface area contributed by atoms with Crippen LogP contribution < -0.4 is 4.74 Å². The van der Waals surface area contributed by atoms with Crippen LogP contribution in [0.15, 0.2) is 12.1 Å². The summed E-state index contributed by atoms with van der Waals surface area (Å²) in [4.78, 5) is 33.2. The number of aliphatic carboxylic acids is 1. The van der Waals surface area contributed by atoms with E-state index < -0.39 is 22.7 Å². The zero-order valence-electron chi connectivity index (χ0n) is 10.8. The second-order valence-corrected chi connectivity index (χ2v) is 4.58. The fraction of sp³-hybridized carbons (Fsp3) is 0.385. The van der Waals surface area contributed by atoms with Crippen LogP contribution in [0.3, 0.4) is 0 Å². The van der Waals surface area contributed by atoms with E-state index in [9.17, 15) is 19.7 Å². The third-order valence-corrected chi connectivity index (χ3v) is 3.19. The van der Waals surface area contributed by atoms with Gasteiger partial charge in [0.05, 0.1) is 4.92 Å². The van der Waals surface area contributed by atoms with Crippen LogP contribution in [-0.2, 0) is 11.2 Å². The Bertz CT molecular complexity index is 595. The van der Waals surface area contributed by atoms with Gasteiger partial charge in [-0.1, -0.05) is 6.07 Å². The molecule has 7 heteroatoms. The van der Waals surface area contributed by atoms with E-state index in [1.165, 1.54) is 13.0 Å². The highest BCUT2D eigenvalue weighted by Crippen LogP contribution is 2.37. The highest BCUT2D eigenvalue weighted by molar-refractivity contribution is 6.03. The SMILES string of the molecule is CC(Oc1ccc2c(c1[N+](=O)[O-])C(=O)CCC2)C(=O)O. The van der Waals surface area contributed by atoms with E-state index in [1.54, 1.807) is 6.07 Å². The number of aryl methyl sites for hydroxylation is 1. The Morgan fingerprint density at radius 3 is 2.75 bits per heavy atom. The van der Waals surface area contributed by atoms with Crippen molar-refractivity contribution in [3.63, 3.8) is 0 Å². The molecule has 0 aromatic heterocycles. The number of carboxylic acids is 1. The third kappa shape index (κ3) is 2.47.